The van der Waals surface area contributed by atoms with Crippen molar-refractivity contribution >= 4 is 15.9 Å². The fraction of sp³-hybridized carbons (Fsp3) is 0.375. The van der Waals surface area contributed by atoms with E-state index in [1.54, 1.807) is 0 Å². The molecule has 2 nitrogen and oxygen atoms in total. The summed E-state index contributed by atoms with van der Waals surface area (Å²) in [5.74, 6) is -1.03. The molecule has 0 aliphatic carbocycles. The summed E-state index contributed by atoms with van der Waals surface area (Å²) in [5, 5.41) is 8.70. The minimum atomic E-state index is -2.90. The van der Waals surface area contributed by atoms with Crippen molar-refractivity contribution in [2.75, 3.05) is 0 Å². The largest absolute Gasteiger partial charge is 0.390 e. The summed E-state index contributed by atoms with van der Waals surface area (Å²) in [6, 6.07) is 0.813. The molecular weight excluding hydrogens is 263 g/mol. The van der Waals surface area contributed by atoms with Crippen molar-refractivity contribution in [3.63, 3.8) is 0 Å². The van der Waals surface area contributed by atoms with Crippen molar-refractivity contribution < 1.29 is 18.3 Å². The third-order valence-electron chi connectivity index (χ3n) is 1.65. The number of aliphatic hydroxyl groups excluding tert-OH is 1. The zero-order chi connectivity index (χ0) is 10.7. The molecule has 0 amide bonds. The topological polar surface area (TPSA) is 33.1 Å². The molecule has 78 valence electrons. The molecule has 0 atom stereocenters. The van der Waals surface area contributed by atoms with E-state index in [2.05, 4.69) is 20.9 Å². The maximum absolute atomic E-state index is 13.1. The number of pyridine rings is 1. The molecule has 1 rings (SSSR count). The molecule has 1 aromatic heterocycles. The molecule has 0 spiro atoms. The molecule has 0 saturated carbocycles. The lowest BCUT2D eigenvalue weighted by Crippen LogP contribution is -2.04. The standard InChI is InChI=1S/C8H7BrF3NO/c9-2-6-7(8(11)12)5(10)1-4(3-14)13-6/h1,8,14H,2-3H2. The van der Waals surface area contributed by atoms with Crippen LogP contribution in [0.2, 0.25) is 0 Å². The van der Waals surface area contributed by atoms with E-state index in [1.165, 1.54) is 0 Å². The highest BCUT2D eigenvalue weighted by atomic mass is 79.9. The fourth-order valence-corrected chi connectivity index (χ4v) is 1.47. The van der Waals surface area contributed by atoms with Gasteiger partial charge in [0, 0.05) is 5.33 Å². The molecule has 1 aromatic rings. The molecule has 1 N–H and O–H groups in total. The van der Waals surface area contributed by atoms with Crippen molar-refractivity contribution in [1.82, 2.24) is 4.98 Å². The van der Waals surface area contributed by atoms with E-state index in [0.29, 0.717) is 0 Å². The molecule has 0 aromatic carbocycles. The Bertz CT molecular complexity index is 333. The normalized spacial score (nSPS) is 11.0. The first-order chi connectivity index (χ1) is 6.60. The van der Waals surface area contributed by atoms with Gasteiger partial charge in [-0.3, -0.25) is 4.98 Å². The molecule has 0 aliphatic heterocycles. The number of hydrogen-bond donors (Lipinski definition) is 1. The van der Waals surface area contributed by atoms with E-state index in [1.807, 2.05) is 0 Å². The number of nitrogens with zero attached hydrogens (tertiary/aromatic N) is 1. The summed E-state index contributed by atoms with van der Waals surface area (Å²) in [5.41, 5.74) is -0.746. The highest BCUT2D eigenvalue weighted by molar-refractivity contribution is 9.08. The molecule has 0 radical (unpaired) electrons. The Morgan fingerprint density at radius 3 is 2.57 bits per heavy atom. The molecule has 0 bridgehead atoms. The lowest BCUT2D eigenvalue weighted by molar-refractivity contribution is 0.144. The number of rotatable bonds is 3. The van der Waals surface area contributed by atoms with Crippen LogP contribution < -0.4 is 0 Å². The van der Waals surface area contributed by atoms with Crippen molar-refractivity contribution in [1.29, 1.82) is 0 Å². The SMILES string of the molecule is OCc1cc(F)c(C(F)F)c(CBr)n1. The Morgan fingerprint density at radius 1 is 1.50 bits per heavy atom. The second-order valence-electron chi connectivity index (χ2n) is 2.55. The van der Waals surface area contributed by atoms with Crippen LogP contribution in [0, 0.1) is 5.82 Å². The van der Waals surface area contributed by atoms with Crippen molar-refractivity contribution in [3.05, 3.63) is 28.8 Å². The lowest BCUT2D eigenvalue weighted by Gasteiger charge is -2.08. The maximum Gasteiger partial charge on any atom is 0.268 e. The van der Waals surface area contributed by atoms with Crippen LogP contribution in [0.4, 0.5) is 13.2 Å². The van der Waals surface area contributed by atoms with Gasteiger partial charge in [-0.2, -0.15) is 0 Å². The van der Waals surface area contributed by atoms with E-state index in [9.17, 15) is 13.2 Å². The molecule has 1 heterocycles. The first-order valence-electron chi connectivity index (χ1n) is 3.73. The van der Waals surface area contributed by atoms with Gasteiger partial charge in [-0.25, -0.2) is 13.2 Å². The van der Waals surface area contributed by atoms with E-state index in [4.69, 9.17) is 5.11 Å². The van der Waals surface area contributed by atoms with Gasteiger partial charge in [-0.05, 0) is 6.07 Å². The van der Waals surface area contributed by atoms with Crippen LogP contribution in [-0.4, -0.2) is 10.1 Å². The van der Waals surface area contributed by atoms with Crippen molar-refractivity contribution in [3.8, 4) is 0 Å². The zero-order valence-electron chi connectivity index (χ0n) is 6.98. The van der Waals surface area contributed by atoms with Gasteiger partial charge in [-0.1, -0.05) is 15.9 Å². The Kier molecular flexibility index (Phi) is 3.88. The Balaban J connectivity index is 3.27. The van der Waals surface area contributed by atoms with Crippen molar-refractivity contribution in [2.24, 2.45) is 0 Å². The van der Waals surface area contributed by atoms with Gasteiger partial charge in [0.2, 0.25) is 0 Å². The van der Waals surface area contributed by atoms with E-state index >= 15 is 0 Å². The number of aliphatic hydroxyl groups is 1. The Morgan fingerprint density at radius 2 is 2.14 bits per heavy atom. The predicted octanol–water partition coefficient (Wildman–Crippen LogP) is 2.55. The van der Waals surface area contributed by atoms with Crippen LogP contribution in [-0.2, 0) is 11.9 Å². The minimum absolute atomic E-state index is 0.0252. The first-order valence-corrected chi connectivity index (χ1v) is 4.85. The lowest BCUT2D eigenvalue weighted by atomic mass is 10.2. The summed E-state index contributed by atoms with van der Waals surface area (Å²) >= 11 is 2.93. The molecule has 0 fully saturated rings. The molecule has 0 saturated heterocycles. The van der Waals surface area contributed by atoms with E-state index in [0.717, 1.165) is 6.07 Å². The summed E-state index contributed by atoms with van der Waals surface area (Å²) < 4.78 is 37.8. The molecule has 6 heteroatoms. The van der Waals surface area contributed by atoms with E-state index < -0.39 is 24.4 Å². The average Bonchev–Trinajstić information content (AvgIpc) is 2.15. The Labute approximate surface area is 86.9 Å². The van der Waals surface area contributed by atoms with Gasteiger partial charge in [0.05, 0.1) is 23.6 Å². The monoisotopic (exact) mass is 269 g/mol. The van der Waals surface area contributed by atoms with Crippen LogP contribution in [0.5, 0.6) is 0 Å². The number of alkyl halides is 3. The zero-order valence-corrected chi connectivity index (χ0v) is 8.56. The van der Waals surface area contributed by atoms with Crippen LogP contribution in [0.15, 0.2) is 6.07 Å². The van der Waals surface area contributed by atoms with Crippen LogP contribution in [0.1, 0.15) is 23.4 Å². The highest BCUT2D eigenvalue weighted by Crippen LogP contribution is 2.26. The molecule has 0 aliphatic rings. The van der Waals surface area contributed by atoms with Gasteiger partial charge in [-0.15, -0.1) is 0 Å². The van der Waals surface area contributed by atoms with Crippen molar-refractivity contribution in [2.45, 2.75) is 18.4 Å². The minimum Gasteiger partial charge on any atom is -0.390 e. The Hall–Kier alpha value is -0.620. The number of hydrogen-bond acceptors (Lipinski definition) is 2. The first kappa shape index (κ1) is 11.5. The van der Waals surface area contributed by atoms with Gasteiger partial charge < -0.3 is 5.11 Å². The average molecular weight is 270 g/mol. The fourth-order valence-electron chi connectivity index (χ4n) is 1.04. The second-order valence-corrected chi connectivity index (χ2v) is 3.11. The summed E-state index contributed by atoms with van der Waals surface area (Å²) in [6.45, 7) is -0.472. The molecule has 0 unspecified atom stereocenters. The maximum atomic E-state index is 13.1. The predicted molar refractivity (Wildman–Crippen MR) is 47.7 cm³/mol. The van der Waals surface area contributed by atoms with Gasteiger partial charge in [0.15, 0.2) is 0 Å². The molecular formula is C8H7BrF3NO. The van der Waals surface area contributed by atoms with Crippen LogP contribution >= 0.6 is 15.9 Å². The third-order valence-corrected chi connectivity index (χ3v) is 2.18. The highest BCUT2D eigenvalue weighted by Gasteiger charge is 2.19. The number of aromatic nitrogens is 1. The summed E-state index contributed by atoms with van der Waals surface area (Å²) in [6.07, 6.45) is -2.90. The summed E-state index contributed by atoms with van der Waals surface area (Å²) in [7, 11) is 0. The summed E-state index contributed by atoms with van der Waals surface area (Å²) in [4.78, 5) is 3.67. The van der Waals surface area contributed by atoms with Gasteiger partial charge in [0.25, 0.3) is 6.43 Å². The van der Waals surface area contributed by atoms with Gasteiger partial charge >= 0.3 is 0 Å². The third kappa shape index (κ3) is 2.24. The number of halogens is 4. The second kappa shape index (κ2) is 4.75. The van der Waals surface area contributed by atoms with Crippen LogP contribution in [0.3, 0.4) is 0 Å². The van der Waals surface area contributed by atoms with Crippen LogP contribution in [0.25, 0.3) is 0 Å². The molecule has 14 heavy (non-hydrogen) atoms. The van der Waals surface area contributed by atoms with Gasteiger partial charge in [0.1, 0.15) is 5.82 Å². The smallest absolute Gasteiger partial charge is 0.268 e. The van der Waals surface area contributed by atoms with E-state index in [-0.39, 0.29) is 16.7 Å². The quantitative estimate of drug-likeness (QED) is 0.856.